The van der Waals surface area contributed by atoms with Gasteiger partial charge in [0.1, 0.15) is 6.07 Å². The van der Waals surface area contributed by atoms with Crippen LogP contribution in [0.4, 0.5) is 0 Å². The van der Waals surface area contributed by atoms with Crippen LogP contribution in [0.1, 0.15) is 11.5 Å². The molecule has 10 heavy (non-hydrogen) atoms. The lowest BCUT2D eigenvalue weighted by Crippen LogP contribution is -2.02. The first-order chi connectivity index (χ1) is 4.86. The molecule has 1 aromatic rings. The summed E-state index contributed by atoms with van der Waals surface area (Å²) in [7, 11) is 0. The maximum absolute atomic E-state index is 8.34. The summed E-state index contributed by atoms with van der Waals surface area (Å²) in [6.45, 7) is 0.576. The van der Waals surface area contributed by atoms with Crippen molar-refractivity contribution >= 4 is 0 Å². The van der Waals surface area contributed by atoms with Crippen molar-refractivity contribution in [3.63, 3.8) is 0 Å². The third-order valence-corrected chi connectivity index (χ3v) is 1.15. The molecule has 0 aliphatic rings. The molecule has 0 fully saturated rings. The first-order valence-corrected chi connectivity index (χ1v) is 3.01. The SMILES string of the molecule is N#Cc1ncc(CCN)[nH]1. The molecule has 0 spiro atoms. The number of nitrogens with two attached hydrogens (primary N) is 1. The molecule has 0 radical (unpaired) electrons. The van der Waals surface area contributed by atoms with Crippen LogP contribution in [0, 0.1) is 11.3 Å². The maximum Gasteiger partial charge on any atom is 0.210 e. The van der Waals surface area contributed by atoms with Crippen molar-refractivity contribution in [1.82, 2.24) is 9.97 Å². The number of aromatic nitrogens is 2. The number of nitriles is 1. The minimum absolute atomic E-state index is 0.350. The highest BCUT2D eigenvalue weighted by molar-refractivity contribution is 5.13. The van der Waals surface area contributed by atoms with Crippen molar-refractivity contribution in [2.45, 2.75) is 6.42 Å². The summed E-state index contributed by atoms with van der Waals surface area (Å²) in [4.78, 5) is 6.59. The quantitative estimate of drug-likeness (QED) is 0.590. The molecular weight excluding hydrogens is 128 g/mol. The molecular formula is C6H8N4. The van der Waals surface area contributed by atoms with E-state index in [1.54, 1.807) is 6.20 Å². The van der Waals surface area contributed by atoms with Crippen LogP contribution in [0.5, 0.6) is 0 Å². The standard InChI is InChI=1S/C6H8N4/c7-2-1-5-4-9-6(3-8)10-5/h4H,1-2,7H2,(H,9,10). The Balaban J connectivity index is 2.71. The molecule has 0 atom stereocenters. The van der Waals surface area contributed by atoms with Crippen molar-refractivity contribution in [3.8, 4) is 6.07 Å². The Morgan fingerprint density at radius 3 is 3.10 bits per heavy atom. The Hall–Kier alpha value is -1.34. The average Bonchev–Trinajstić information content (AvgIpc) is 2.37. The van der Waals surface area contributed by atoms with Crippen LogP contribution in [-0.2, 0) is 6.42 Å². The monoisotopic (exact) mass is 136 g/mol. The fraction of sp³-hybridized carbons (Fsp3) is 0.333. The Labute approximate surface area is 58.7 Å². The second-order valence-corrected chi connectivity index (χ2v) is 1.91. The molecule has 52 valence electrons. The second kappa shape index (κ2) is 2.99. The van der Waals surface area contributed by atoms with Gasteiger partial charge in [-0.3, -0.25) is 0 Å². The summed E-state index contributed by atoms with van der Waals surface area (Å²) < 4.78 is 0. The number of imidazole rings is 1. The molecule has 1 heterocycles. The van der Waals surface area contributed by atoms with E-state index in [4.69, 9.17) is 11.0 Å². The largest absolute Gasteiger partial charge is 0.333 e. The summed E-state index contributed by atoms with van der Waals surface area (Å²) in [6, 6.07) is 1.90. The van der Waals surface area contributed by atoms with Gasteiger partial charge in [0.15, 0.2) is 0 Å². The molecule has 3 N–H and O–H groups in total. The van der Waals surface area contributed by atoms with Crippen molar-refractivity contribution < 1.29 is 0 Å². The van der Waals surface area contributed by atoms with Crippen LogP contribution in [0.2, 0.25) is 0 Å². The summed E-state index contributed by atoms with van der Waals surface area (Å²) in [5, 5.41) is 8.34. The van der Waals surface area contributed by atoms with Gasteiger partial charge in [-0.05, 0) is 6.54 Å². The topological polar surface area (TPSA) is 78.5 Å². The van der Waals surface area contributed by atoms with Crippen LogP contribution >= 0.6 is 0 Å². The Morgan fingerprint density at radius 2 is 2.60 bits per heavy atom. The first-order valence-electron chi connectivity index (χ1n) is 3.01. The smallest absolute Gasteiger partial charge is 0.210 e. The minimum Gasteiger partial charge on any atom is -0.333 e. The third kappa shape index (κ3) is 1.33. The number of nitrogens with one attached hydrogen (secondary N) is 1. The number of H-pyrrole nitrogens is 1. The minimum atomic E-state index is 0.350. The van der Waals surface area contributed by atoms with E-state index in [-0.39, 0.29) is 0 Å². The molecule has 0 aromatic carbocycles. The Morgan fingerprint density at radius 1 is 1.80 bits per heavy atom. The maximum atomic E-state index is 8.34. The molecule has 0 saturated heterocycles. The van der Waals surface area contributed by atoms with E-state index < -0.39 is 0 Å². The van der Waals surface area contributed by atoms with Gasteiger partial charge in [0, 0.05) is 18.3 Å². The zero-order chi connectivity index (χ0) is 7.40. The summed E-state index contributed by atoms with van der Waals surface area (Å²) >= 11 is 0. The Bertz CT molecular complexity index is 244. The van der Waals surface area contributed by atoms with Crippen molar-refractivity contribution in [3.05, 3.63) is 17.7 Å². The highest BCUT2D eigenvalue weighted by Gasteiger charge is 1.95. The predicted molar refractivity (Wildman–Crippen MR) is 36.1 cm³/mol. The number of hydrogen-bond acceptors (Lipinski definition) is 3. The van der Waals surface area contributed by atoms with Crippen LogP contribution < -0.4 is 5.73 Å². The highest BCUT2D eigenvalue weighted by atomic mass is 14.9. The molecule has 0 bridgehead atoms. The van der Waals surface area contributed by atoms with Gasteiger partial charge in [-0.15, -0.1) is 0 Å². The van der Waals surface area contributed by atoms with Gasteiger partial charge in [0.2, 0.25) is 5.82 Å². The van der Waals surface area contributed by atoms with Gasteiger partial charge in [-0.2, -0.15) is 5.26 Å². The lowest BCUT2D eigenvalue weighted by Gasteiger charge is -1.87. The van der Waals surface area contributed by atoms with Gasteiger partial charge in [0.25, 0.3) is 0 Å². The van der Waals surface area contributed by atoms with Crippen LogP contribution in [-0.4, -0.2) is 16.5 Å². The van der Waals surface area contributed by atoms with Crippen molar-refractivity contribution in [2.24, 2.45) is 5.73 Å². The van der Waals surface area contributed by atoms with Crippen molar-refractivity contribution in [2.75, 3.05) is 6.54 Å². The number of hydrogen-bond donors (Lipinski definition) is 2. The van der Waals surface area contributed by atoms with Gasteiger partial charge < -0.3 is 10.7 Å². The van der Waals surface area contributed by atoms with E-state index in [9.17, 15) is 0 Å². The molecule has 0 saturated carbocycles. The van der Waals surface area contributed by atoms with E-state index in [1.807, 2.05) is 6.07 Å². The summed E-state index contributed by atoms with van der Waals surface area (Å²) in [5.74, 6) is 0.350. The molecule has 4 heteroatoms. The molecule has 0 unspecified atom stereocenters. The van der Waals surface area contributed by atoms with Gasteiger partial charge in [0.05, 0.1) is 0 Å². The predicted octanol–water partition coefficient (Wildman–Crippen LogP) is -0.217. The zero-order valence-electron chi connectivity index (χ0n) is 5.46. The zero-order valence-corrected chi connectivity index (χ0v) is 5.46. The number of aromatic amines is 1. The van der Waals surface area contributed by atoms with Crippen LogP contribution in [0.3, 0.4) is 0 Å². The average molecular weight is 136 g/mol. The summed E-state index contributed by atoms with van der Waals surface area (Å²) in [6.07, 6.45) is 2.38. The lowest BCUT2D eigenvalue weighted by atomic mass is 10.3. The fourth-order valence-corrected chi connectivity index (χ4v) is 0.698. The molecule has 1 rings (SSSR count). The van der Waals surface area contributed by atoms with E-state index in [0.717, 1.165) is 12.1 Å². The van der Waals surface area contributed by atoms with Gasteiger partial charge in [-0.1, -0.05) is 0 Å². The molecule has 1 aromatic heterocycles. The lowest BCUT2D eigenvalue weighted by molar-refractivity contribution is 0.933. The summed E-state index contributed by atoms with van der Waals surface area (Å²) in [5.41, 5.74) is 6.20. The fourth-order valence-electron chi connectivity index (χ4n) is 0.698. The van der Waals surface area contributed by atoms with Crippen LogP contribution in [0.15, 0.2) is 6.20 Å². The van der Waals surface area contributed by atoms with E-state index in [0.29, 0.717) is 12.4 Å². The molecule has 0 aliphatic heterocycles. The number of rotatable bonds is 2. The highest BCUT2D eigenvalue weighted by Crippen LogP contribution is 1.94. The molecule has 4 nitrogen and oxygen atoms in total. The molecule has 0 aliphatic carbocycles. The molecule has 0 amide bonds. The van der Waals surface area contributed by atoms with E-state index in [2.05, 4.69) is 9.97 Å². The normalized spacial score (nSPS) is 9.20. The Kier molecular flexibility index (Phi) is 2.03. The van der Waals surface area contributed by atoms with Crippen LogP contribution in [0.25, 0.3) is 0 Å². The van der Waals surface area contributed by atoms with E-state index >= 15 is 0 Å². The second-order valence-electron chi connectivity index (χ2n) is 1.91. The van der Waals surface area contributed by atoms with Gasteiger partial charge >= 0.3 is 0 Å². The number of nitrogens with zero attached hydrogens (tertiary/aromatic N) is 2. The van der Waals surface area contributed by atoms with Crippen molar-refractivity contribution in [1.29, 1.82) is 5.26 Å². The third-order valence-electron chi connectivity index (χ3n) is 1.15. The van der Waals surface area contributed by atoms with E-state index in [1.165, 1.54) is 0 Å². The van der Waals surface area contributed by atoms with Gasteiger partial charge in [-0.25, -0.2) is 4.98 Å². The first kappa shape index (κ1) is 6.78.